The van der Waals surface area contributed by atoms with Gasteiger partial charge in [0.25, 0.3) is 0 Å². The number of nitrogens with zero attached hydrogens (tertiary/aromatic N) is 1. The minimum absolute atomic E-state index is 0. The molecule has 1 aromatic rings. The number of hydrogen-bond donors (Lipinski definition) is 0. The molecule has 0 saturated heterocycles. The van der Waals surface area contributed by atoms with Gasteiger partial charge < -0.3 is 21.6 Å². The summed E-state index contributed by atoms with van der Waals surface area (Å²) in [5.74, 6) is -0.302. The lowest BCUT2D eigenvalue weighted by Crippen LogP contribution is -3.00. The average Bonchev–Trinajstić information content (AvgIpc) is 2.38. The molecule has 0 spiro atoms. The molecule has 0 heterocycles. The highest BCUT2D eigenvalue weighted by atomic mass is 35.5. The molecule has 0 unspecified atom stereocenters. The summed E-state index contributed by atoms with van der Waals surface area (Å²) in [6, 6.07) is 10.0. The molecule has 0 saturated carbocycles. The van der Waals surface area contributed by atoms with Crippen molar-refractivity contribution >= 4 is 12.0 Å². The number of hydrogen-bond acceptors (Lipinski definition) is 2. The molecule has 1 rings (SSSR count). The van der Waals surface area contributed by atoms with Crippen molar-refractivity contribution in [2.24, 2.45) is 0 Å². The molecule has 0 aliphatic carbocycles. The number of quaternary nitrogens is 1. The summed E-state index contributed by atoms with van der Waals surface area (Å²) in [5.41, 5.74) is 1.63. The molecule has 0 amide bonds. The molecule has 4 heteroatoms. The van der Waals surface area contributed by atoms with Crippen molar-refractivity contribution in [1.82, 2.24) is 0 Å². The molecule has 118 valence electrons. The van der Waals surface area contributed by atoms with Gasteiger partial charge in [0.15, 0.2) is 0 Å². The fourth-order valence-electron chi connectivity index (χ4n) is 1.12. The van der Waals surface area contributed by atoms with Gasteiger partial charge in [0.2, 0.25) is 0 Å². The second-order valence-electron chi connectivity index (χ2n) is 5.54. The Balaban J connectivity index is 0. The highest BCUT2D eigenvalue weighted by Gasteiger charge is 2.09. The van der Waals surface area contributed by atoms with Crippen LogP contribution in [0.25, 0.3) is 6.08 Å². The molecule has 0 aromatic heterocycles. The minimum atomic E-state index is -0.302. The summed E-state index contributed by atoms with van der Waals surface area (Å²) in [7, 11) is 6.15. The summed E-state index contributed by atoms with van der Waals surface area (Å²) in [4.78, 5) is 10.9. The Morgan fingerprint density at radius 3 is 2.10 bits per heavy atom. The number of likely N-dealkylation sites (N-methyl/N-ethyl adjacent to an activating group) is 1. The number of ether oxygens (including phenoxy) is 1. The molecule has 0 N–H and O–H groups in total. The van der Waals surface area contributed by atoms with Crippen LogP contribution in [-0.2, 0) is 9.53 Å². The second kappa shape index (κ2) is 11.1. The summed E-state index contributed by atoms with van der Waals surface area (Å²) >= 11 is 0. The highest BCUT2D eigenvalue weighted by molar-refractivity contribution is 5.86. The number of rotatable bonds is 5. The maximum Gasteiger partial charge on any atom is 0.333 e. The van der Waals surface area contributed by atoms with Crippen molar-refractivity contribution in [3.05, 3.63) is 54.6 Å². The van der Waals surface area contributed by atoms with Crippen LogP contribution in [-0.4, -0.2) is 44.7 Å². The number of benzene rings is 1. The summed E-state index contributed by atoms with van der Waals surface area (Å²) < 4.78 is 5.72. The SMILES string of the molecule is C=C(C)C(=O)OCC[N+](C)(C)C.C=Cc1ccccc1.[Cl-]. The Kier molecular flexibility index (Phi) is 11.5. The summed E-state index contributed by atoms with van der Waals surface area (Å²) in [6.07, 6.45) is 1.83. The third-order valence-corrected chi connectivity index (χ3v) is 2.38. The number of carbonyl (C=O) groups excluding carboxylic acids is 1. The first-order valence-corrected chi connectivity index (χ1v) is 6.57. The van der Waals surface area contributed by atoms with Gasteiger partial charge in [0.05, 0.1) is 21.1 Å². The Morgan fingerprint density at radius 2 is 1.76 bits per heavy atom. The monoisotopic (exact) mass is 311 g/mol. The van der Waals surface area contributed by atoms with Crippen molar-refractivity contribution in [2.45, 2.75) is 6.92 Å². The zero-order valence-corrected chi connectivity index (χ0v) is 14.2. The lowest BCUT2D eigenvalue weighted by Gasteiger charge is -2.23. The van der Waals surface area contributed by atoms with Crippen LogP contribution < -0.4 is 12.4 Å². The van der Waals surface area contributed by atoms with Gasteiger partial charge in [-0.3, -0.25) is 0 Å². The van der Waals surface area contributed by atoms with E-state index in [2.05, 4.69) is 34.3 Å². The quantitative estimate of drug-likeness (QED) is 0.439. The molecule has 1 aromatic carbocycles. The maximum absolute atomic E-state index is 10.9. The Labute approximate surface area is 134 Å². The third-order valence-electron chi connectivity index (χ3n) is 2.38. The van der Waals surface area contributed by atoms with Crippen LogP contribution in [0.15, 0.2) is 49.1 Å². The summed E-state index contributed by atoms with van der Waals surface area (Å²) in [6.45, 7) is 10.0. The van der Waals surface area contributed by atoms with E-state index in [9.17, 15) is 4.79 Å². The third kappa shape index (κ3) is 13.2. The molecular weight excluding hydrogens is 286 g/mol. The fourth-order valence-corrected chi connectivity index (χ4v) is 1.12. The van der Waals surface area contributed by atoms with Crippen molar-refractivity contribution in [1.29, 1.82) is 0 Å². The van der Waals surface area contributed by atoms with Crippen molar-refractivity contribution in [2.75, 3.05) is 34.3 Å². The lowest BCUT2D eigenvalue weighted by molar-refractivity contribution is -0.870. The van der Waals surface area contributed by atoms with E-state index in [1.165, 1.54) is 5.56 Å². The predicted octanol–water partition coefficient (Wildman–Crippen LogP) is 0.146. The van der Waals surface area contributed by atoms with Crippen molar-refractivity contribution in [3.63, 3.8) is 0 Å². The number of halogens is 1. The van der Waals surface area contributed by atoms with E-state index in [0.717, 1.165) is 11.0 Å². The van der Waals surface area contributed by atoms with Gasteiger partial charge in [-0.1, -0.05) is 49.6 Å². The van der Waals surface area contributed by atoms with Gasteiger partial charge in [0, 0.05) is 5.57 Å². The highest BCUT2D eigenvalue weighted by Crippen LogP contribution is 1.97. The molecule has 21 heavy (non-hydrogen) atoms. The lowest BCUT2D eigenvalue weighted by atomic mass is 10.2. The second-order valence-corrected chi connectivity index (χ2v) is 5.54. The first-order valence-electron chi connectivity index (χ1n) is 6.57. The van der Waals surface area contributed by atoms with E-state index >= 15 is 0 Å². The first kappa shape index (κ1) is 21.7. The zero-order chi connectivity index (χ0) is 15.6. The van der Waals surface area contributed by atoms with E-state index in [4.69, 9.17) is 4.74 Å². The van der Waals surface area contributed by atoms with Crippen LogP contribution in [0.1, 0.15) is 12.5 Å². The Morgan fingerprint density at radius 1 is 1.24 bits per heavy atom. The molecule has 0 fully saturated rings. The largest absolute Gasteiger partial charge is 1.00 e. The van der Waals surface area contributed by atoms with Gasteiger partial charge in [-0.2, -0.15) is 0 Å². The summed E-state index contributed by atoms with van der Waals surface area (Å²) in [5, 5.41) is 0. The number of esters is 1. The Hall–Kier alpha value is -1.58. The molecular formula is C17H26ClNO2. The van der Waals surface area contributed by atoms with Gasteiger partial charge >= 0.3 is 5.97 Å². The first-order chi connectivity index (χ1) is 9.26. The smallest absolute Gasteiger partial charge is 0.333 e. The van der Waals surface area contributed by atoms with E-state index in [-0.39, 0.29) is 18.4 Å². The van der Waals surface area contributed by atoms with E-state index in [1.54, 1.807) is 6.92 Å². The predicted molar refractivity (Wildman–Crippen MR) is 85.2 cm³/mol. The molecule has 0 bridgehead atoms. The fraction of sp³-hybridized carbons (Fsp3) is 0.353. The van der Waals surface area contributed by atoms with E-state index < -0.39 is 0 Å². The van der Waals surface area contributed by atoms with Gasteiger partial charge in [-0.15, -0.1) is 0 Å². The minimum Gasteiger partial charge on any atom is -1.00 e. The van der Waals surface area contributed by atoms with Gasteiger partial charge in [-0.25, -0.2) is 4.79 Å². The normalized spacial score (nSPS) is 9.52. The zero-order valence-electron chi connectivity index (χ0n) is 13.4. The van der Waals surface area contributed by atoms with Crippen molar-refractivity contribution < 1.29 is 26.4 Å². The van der Waals surface area contributed by atoms with E-state index in [0.29, 0.717) is 12.2 Å². The molecule has 0 aliphatic rings. The molecule has 0 atom stereocenters. The van der Waals surface area contributed by atoms with Crippen LogP contribution in [0.3, 0.4) is 0 Å². The topological polar surface area (TPSA) is 26.3 Å². The van der Waals surface area contributed by atoms with Crippen LogP contribution >= 0.6 is 0 Å². The van der Waals surface area contributed by atoms with Crippen LogP contribution in [0.5, 0.6) is 0 Å². The molecule has 3 nitrogen and oxygen atoms in total. The molecule has 0 radical (unpaired) electrons. The van der Waals surface area contributed by atoms with Crippen LogP contribution in [0.2, 0.25) is 0 Å². The van der Waals surface area contributed by atoms with E-state index in [1.807, 2.05) is 36.4 Å². The number of carbonyl (C=O) groups is 1. The molecule has 0 aliphatic heterocycles. The van der Waals surface area contributed by atoms with Gasteiger partial charge in [0.1, 0.15) is 13.2 Å². The standard InChI is InChI=1S/C9H18NO2.C8H8.ClH/c1-8(2)9(11)12-7-6-10(3,4)5;1-2-8-6-4-3-5-7-8;/h1,6-7H2,2-5H3;2-7H,1H2;1H/q+1;;/p-1. The van der Waals surface area contributed by atoms with Gasteiger partial charge in [-0.05, 0) is 12.5 Å². The average molecular weight is 312 g/mol. The van der Waals surface area contributed by atoms with Crippen LogP contribution in [0, 0.1) is 0 Å². The Bertz CT molecular complexity index is 436. The maximum atomic E-state index is 10.9. The van der Waals surface area contributed by atoms with Crippen molar-refractivity contribution in [3.8, 4) is 0 Å². The van der Waals surface area contributed by atoms with Crippen LogP contribution in [0.4, 0.5) is 0 Å².